The van der Waals surface area contributed by atoms with Crippen molar-refractivity contribution in [3.63, 3.8) is 0 Å². The second-order valence-corrected chi connectivity index (χ2v) is 11.7. The highest BCUT2D eigenvalue weighted by molar-refractivity contribution is 7.90. The molecule has 10 heteroatoms. The van der Waals surface area contributed by atoms with E-state index in [1.807, 2.05) is 32.9 Å². The van der Waals surface area contributed by atoms with Crippen LogP contribution in [0.3, 0.4) is 0 Å². The summed E-state index contributed by atoms with van der Waals surface area (Å²) >= 11 is 6.02. The minimum absolute atomic E-state index is 0.0620. The van der Waals surface area contributed by atoms with Crippen LogP contribution < -0.4 is 9.62 Å². The molecule has 0 aliphatic carbocycles. The van der Waals surface area contributed by atoms with E-state index in [4.69, 9.17) is 11.6 Å². The van der Waals surface area contributed by atoms with Crippen molar-refractivity contribution in [2.45, 2.75) is 59.7 Å². The summed E-state index contributed by atoms with van der Waals surface area (Å²) in [6.45, 7) is 8.81. The van der Waals surface area contributed by atoms with Crippen molar-refractivity contribution in [2.75, 3.05) is 24.9 Å². The largest absolute Gasteiger partial charge is 0.352 e. The van der Waals surface area contributed by atoms with E-state index in [2.05, 4.69) is 5.32 Å². The number of aryl methyl sites for hydroxylation is 2. The molecule has 36 heavy (non-hydrogen) atoms. The van der Waals surface area contributed by atoms with E-state index >= 15 is 0 Å². The molecule has 2 aromatic carbocycles. The summed E-state index contributed by atoms with van der Waals surface area (Å²) in [5.41, 5.74) is 2.76. The van der Waals surface area contributed by atoms with Crippen LogP contribution in [0.4, 0.5) is 5.69 Å². The summed E-state index contributed by atoms with van der Waals surface area (Å²) < 4.78 is 28.8. The maximum absolute atomic E-state index is 13.8. The van der Waals surface area contributed by atoms with Crippen molar-refractivity contribution >= 4 is 39.3 Å². The minimum atomic E-state index is -4.01. The fourth-order valence-electron chi connectivity index (χ4n) is 3.52. The zero-order valence-electron chi connectivity index (χ0n) is 22.1. The predicted molar refractivity (Wildman–Crippen MR) is 145 cm³/mol. The zero-order chi connectivity index (χ0) is 27.2. The second kappa shape index (κ2) is 12.6. The van der Waals surface area contributed by atoms with Gasteiger partial charge in [-0.1, -0.05) is 42.8 Å². The third-order valence-electron chi connectivity index (χ3n) is 6.09. The van der Waals surface area contributed by atoms with Gasteiger partial charge in [0.2, 0.25) is 11.8 Å². The summed E-state index contributed by atoms with van der Waals surface area (Å²) in [6, 6.07) is 11.5. The van der Waals surface area contributed by atoms with E-state index in [1.54, 1.807) is 44.2 Å². The maximum atomic E-state index is 13.8. The van der Waals surface area contributed by atoms with E-state index in [0.717, 1.165) is 26.2 Å². The first kappa shape index (κ1) is 29.6. The molecule has 0 aliphatic heterocycles. The van der Waals surface area contributed by atoms with Crippen LogP contribution in [0.5, 0.6) is 0 Å². The van der Waals surface area contributed by atoms with Crippen molar-refractivity contribution in [3.8, 4) is 0 Å². The highest BCUT2D eigenvalue weighted by Gasteiger charge is 2.33. The molecule has 198 valence electrons. The topological polar surface area (TPSA) is 90.0 Å². The Bertz CT molecular complexity index is 1170. The number of hydrogen-bond acceptors (Lipinski definition) is 4. The molecule has 2 atom stereocenters. The van der Waals surface area contributed by atoms with Crippen molar-refractivity contribution in [1.29, 1.82) is 0 Å². The molecule has 8 nitrogen and oxygen atoms in total. The van der Waals surface area contributed by atoms with Gasteiger partial charge < -0.3 is 10.2 Å². The van der Waals surface area contributed by atoms with Gasteiger partial charge in [0, 0.05) is 31.7 Å². The van der Waals surface area contributed by atoms with Crippen LogP contribution in [0.25, 0.3) is 0 Å². The van der Waals surface area contributed by atoms with Crippen LogP contribution in [-0.4, -0.2) is 62.2 Å². The van der Waals surface area contributed by atoms with Crippen LogP contribution in [-0.2, 0) is 26.3 Å². The number of carbonyl (C=O) groups is 2. The van der Waals surface area contributed by atoms with Gasteiger partial charge in [-0.15, -0.1) is 0 Å². The van der Waals surface area contributed by atoms with Gasteiger partial charge in [0.05, 0.1) is 5.69 Å². The number of hydrogen-bond donors (Lipinski definition) is 1. The lowest BCUT2D eigenvalue weighted by Crippen LogP contribution is -2.53. The molecule has 0 saturated carbocycles. The average molecular weight is 537 g/mol. The van der Waals surface area contributed by atoms with Gasteiger partial charge in [-0.2, -0.15) is 12.7 Å². The normalized spacial score (nSPS) is 13.2. The fraction of sp³-hybridized carbons (Fsp3) is 0.462. The Morgan fingerprint density at radius 1 is 1.03 bits per heavy atom. The molecule has 0 aromatic heterocycles. The number of rotatable bonds is 11. The van der Waals surface area contributed by atoms with Crippen LogP contribution in [0, 0.1) is 13.8 Å². The van der Waals surface area contributed by atoms with Gasteiger partial charge in [-0.05, 0) is 69.0 Å². The molecule has 2 amide bonds. The van der Waals surface area contributed by atoms with E-state index < -0.39 is 28.7 Å². The van der Waals surface area contributed by atoms with Gasteiger partial charge in [0.15, 0.2) is 0 Å². The lowest BCUT2D eigenvalue weighted by atomic mass is 10.1. The van der Waals surface area contributed by atoms with Crippen molar-refractivity contribution in [2.24, 2.45) is 0 Å². The molecule has 0 spiro atoms. The molecule has 1 N–H and O–H groups in total. The quantitative estimate of drug-likeness (QED) is 0.471. The number of anilines is 1. The van der Waals surface area contributed by atoms with Crippen molar-refractivity contribution in [1.82, 2.24) is 14.5 Å². The van der Waals surface area contributed by atoms with Crippen LogP contribution in [0.2, 0.25) is 5.02 Å². The third-order valence-corrected chi connectivity index (χ3v) is 8.14. The molecule has 0 aliphatic rings. The molecule has 0 saturated heterocycles. The van der Waals surface area contributed by atoms with E-state index in [9.17, 15) is 18.0 Å². The average Bonchev–Trinajstić information content (AvgIpc) is 2.82. The number of amides is 2. The molecular formula is C26H37ClN4O4S. The molecular weight excluding hydrogens is 500 g/mol. The number of halogens is 1. The fourth-order valence-corrected chi connectivity index (χ4v) is 4.76. The molecule has 0 unspecified atom stereocenters. The Labute approximate surface area is 220 Å². The van der Waals surface area contributed by atoms with Crippen LogP contribution >= 0.6 is 11.6 Å². The molecule has 2 aromatic rings. The number of nitrogens with one attached hydrogen (secondary N) is 1. The monoisotopic (exact) mass is 536 g/mol. The Balaban J connectivity index is 2.49. The summed E-state index contributed by atoms with van der Waals surface area (Å²) in [6.07, 6.45) is 0.741. The number of nitrogens with zero attached hydrogens (tertiary/aromatic N) is 3. The minimum Gasteiger partial charge on any atom is -0.352 e. The predicted octanol–water partition coefficient (Wildman–Crippen LogP) is 3.90. The molecule has 0 radical (unpaired) electrons. The molecule has 0 heterocycles. The van der Waals surface area contributed by atoms with Gasteiger partial charge >= 0.3 is 10.2 Å². The number of carbonyl (C=O) groups excluding carboxylic acids is 2. The van der Waals surface area contributed by atoms with Crippen LogP contribution in [0.15, 0.2) is 42.5 Å². The van der Waals surface area contributed by atoms with E-state index in [1.165, 1.54) is 19.0 Å². The summed E-state index contributed by atoms with van der Waals surface area (Å²) in [5, 5.41) is 3.47. The Morgan fingerprint density at radius 2 is 1.64 bits per heavy atom. The van der Waals surface area contributed by atoms with Gasteiger partial charge in [-0.25, -0.2) is 4.31 Å². The maximum Gasteiger partial charge on any atom is 0.304 e. The van der Waals surface area contributed by atoms with Crippen molar-refractivity contribution in [3.05, 3.63) is 64.2 Å². The van der Waals surface area contributed by atoms with E-state index in [0.29, 0.717) is 16.3 Å². The summed E-state index contributed by atoms with van der Waals surface area (Å²) in [7, 11) is -1.16. The first-order valence-electron chi connectivity index (χ1n) is 11.9. The number of benzene rings is 2. The first-order valence-corrected chi connectivity index (χ1v) is 13.7. The standard InChI is InChI=1S/C26H37ClN4O4S/c1-8-20(4)28-26(33)21(5)30(16-22-11-13-23(27)14-12-22)25(32)17-31(36(34,35)29(6)7)24-15-18(2)9-10-19(24)3/h9-15,20-21H,8,16-17H2,1-7H3,(H,28,33)/t20-,21+/m1/s1. The third kappa shape index (κ3) is 7.44. The Morgan fingerprint density at radius 3 is 2.19 bits per heavy atom. The van der Waals surface area contributed by atoms with Gasteiger partial charge in [-0.3, -0.25) is 9.59 Å². The Hall–Kier alpha value is -2.62. The highest BCUT2D eigenvalue weighted by Crippen LogP contribution is 2.26. The zero-order valence-corrected chi connectivity index (χ0v) is 23.7. The highest BCUT2D eigenvalue weighted by atomic mass is 35.5. The summed E-state index contributed by atoms with van der Waals surface area (Å²) in [4.78, 5) is 28.2. The molecule has 2 rings (SSSR count). The first-order chi connectivity index (χ1) is 16.8. The second-order valence-electron chi connectivity index (χ2n) is 9.23. The van der Waals surface area contributed by atoms with Crippen LogP contribution in [0.1, 0.15) is 43.9 Å². The Kier molecular flexibility index (Phi) is 10.3. The molecule has 0 bridgehead atoms. The molecule has 0 fully saturated rings. The van der Waals surface area contributed by atoms with Gasteiger partial charge in [0.25, 0.3) is 0 Å². The van der Waals surface area contributed by atoms with Crippen molar-refractivity contribution < 1.29 is 18.0 Å². The SMILES string of the molecule is CC[C@@H](C)NC(=O)[C@H](C)N(Cc1ccc(Cl)cc1)C(=O)CN(c1cc(C)ccc1C)S(=O)(=O)N(C)C. The summed E-state index contributed by atoms with van der Waals surface area (Å²) in [5.74, 6) is -0.802. The van der Waals surface area contributed by atoms with E-state index in [-0.39, 0.29) is 18.5 Å². The lowest BCUT2D eigenvalue weighted by Gasteiger charge is -2.33. The lowest BCUT2D eigenvalue weighted by molar-refractivity contribution is -0.139. The smallest absolute Gasteiger partial charge is 0.304 e. The van der Waals surface area contributed by atoms with Gasteiger partial charge in [0.1, 0.15) is 12.6 Å².